The predicted octanol–water partition coefficient (Wildman–Crippen LogP) is -0.178. The summed E-state index contributed by atoms with van der Waals surface area (Å²) in [5, 5.41) is 3.89. The Balaban J connectivity index is 2.23. The zero-order valence-corrected chi connectivity index (χ0v) is 10.0. The van der Waals surface area contributed by atoms with Gasteiger partial charge in [-0.2, -0.15) is 5.10 Å². The van der Waals surface area contributed by atoms with Crippen LogP contribution < -0.4 is 5.73 Å². The van der Waals surface area contributed by atoms with Crippen LogP contribution in [0.1, 0.15) is 10.5 Å². The summed E-state index contributed by atoms with van der Waals surface area (Å²) >= 11 is 0. The molecule has 2 N–H and O–H groups in total. The van der Waals surface area contributed by atoms with E-state index in [1.54, 1.807) is 20.4 Å². The van der Waals surface area contributed by atoms with Crippen molar-refractivity contribution in [1.82, 2.24) is 9.78 Å². The highest BCUT2D eigenvalue weighted by atomic mass is 16.6. The molecule has 0 aliphatic carbocycles. The minimum absolute atomic E-state index is 0.129. The van der Waals surface area contributed by atoms with Crippen LogP contribution in [0, 0.1) is 0 Å². The number of methoxy groups -OCH3 is 1. The topological polar surface area (TPSA) is 88.6 Å². The maximum atomic E-state index is 11.5. The molecule has 1 aromatic rings. The van der Waals surface area contributed by atoms with Gasteiger partial charge < -0.3 is 19.9 Å². The first kappa shape index (κ1) is 13.5. The van der Waals surface area contributed by atoms with Crippen molar-refractivity contribution in [3.63, 3.8) is 0 Å². The Morgan fingerprint density at radius 1 is 1.41 bits per heavy atom. The van der Waals surface area contributed by atoms with Crippen molar-refractivity contribution in [3.05, 3.63) is 11.9 Å². The Morgan fingerprint density at radius 2 is 2.12 bits per heavy atom. The lowest BCUT2D eigenvalue weighted by Crippen LogP contribution is -2.14. The van der Waals surface area contributed by atoms with Crippen LogP contribution in [0.5, 0.6) is 0 Å². The van der Waals surface area contributed by atoms with Gasteiger partial charge in [-0.1, -0.05) is 0 Å². The van der Waals surface area contributed by atoms with E-state index >= 15 is 0 Å². The fourth-order valence-electron chi connectivity index (χ4n) is 1.17. The van der Waals surface area contributed by atoms with Gasteiger partial charge in [0.25, 0.3) is 0 Å². The summed E-state index contributed by atoms with van der Waals surface area (Å²) in [4.78, 5) is 11.5. The van der Waals surface area contributed by atoms with Crippen molar-refractivity contribution in [3.8, 4) is 0 Å². The van der Waals surface area contributed by atoms with E-state index in [9.17, 15) is 4.79 Å². The SMILES string of the molecule is COCCOCCOC(=O)c1nn(C)cc1N. The molecule has 1 rings (SSSR count). The minimum Gasteiger partial charge on any atom is -0.458 e. The summed E-state index contributed by atoms with van der Waals surface area (Å²) in [6, 6.07) is 0. The number of ether oxygens (including phenoxy) is 3. The van der Waals surface area contributed by atoms with Gasteiger partial charge in [-0.15, -0.1) is 0 Å². The van der Waals surface area contributed by atoms with E-state index in [1.165, 1.54) is 4.68 Å². The van der Waals surface area contributed by atoms with Gasteiger partial charge in [0, 0.05) is 20.4 Å². The number of aryl methyl sites for hydroxylation is 1. The Bertz CT molecular complexity index is 364. The molecule has 17 heavy (non-hydrogen) atoms. The average molecular weight is 243 g/mol. The van der Waals surface area contributed by atoms with Gasteiger partial charge in [0.05, 0.1) is 25.5 Å². The fourth-order valence-corrected chi connectivity index (χ4v) is 1.17. The van der Waals surface area contributed by atoms with E-state index in [1.807, 2.05) is 0 Å². The third-order valence-corrected chi connectivity index (χ3v) is 1.94. The monoisotopic (exact) mass is 243 g/mol. The molecule has 0 amide bonds. The van der Waals surface area contributed by atoms with Gasteiger partial charge in [0.15, 0.2) is 5.69 Å². The Kier molecular flexibility index (Phi) is 5.44. The second-order valence-electron chi connectivity index (χ2n) is 3.35. The maximum Gasteiger partial charge on any atom is 0.361 e. The highest BCUT2D eigenvalue weighted by Gasteiger charge is 2.15. The summed E-state index contributed by atoms with van der Waals surface area (Å²) in [6.45, 7) is 1.47. The van der Waals surface area contributed by atoms with Gasteiger partial charge in [0.2, 0.25) is 0 Å². The third-order valence-electron chi connectivity index (χ3n) is 1.94. The standard InChI is InChI=1S/C10H17N3O4/c1-13-7-8(11)9(12-13)10(14)17-6-5-16-4-3-15-2/h7H,3-6,11H2,1-2H3. The van der Waals surface area contributed by atoms with Crippen LogP contribution in [-0.2, 0) is 21.3 Å². The van der Waals surface area contributed by atoms with E-state index in [4.69, 9.17) is 19.9 Å². The van der Waals surface area contributed by atoms with Crippen molar-refractivity contribution < 1.29 is 19.0 Å². The molecular weight excluding hydrogens is 226 g/mol. The molecule has 0 bridgehead atoms. The van der Waals surface area contributed by atoms with Gasteiger partial charge in [-0.3, -0.25) is 4.68 Å². The molecule has 0 spiro atoms. The van der Waals surface area contributed by atoms with Crippen molar-refractivity contribution in [2.75, 3.05) is 39.3 Å². The number of esters is 1. The lowest BCUT2D eigenvalue weighted by molar-refractivity contribution is 0.0209. The summed E-state index contributed by atoms with van der Waals surface area (Å²) in [5.41, 5.74) is 6.01. The molecule has 7 heteroatoms. The third kappa shape index (κ3) is 4.41. The molecule has 7 nitrogen and oxygen atoms in total. The molecule has 0 saturated carbocycles. The molecule has 0 aromatic carbocycles. The summed E-state index contributed by atoms with van der Waals surface area (Å²) in [5.74, 6) is -0.543. The molecule has 0 saturated heterocycles. The van der Waals surface area contributed by atoms with Crippen molar-refractivity contribution in [1.29, 1.82) is 0 Å². The van der Waals surface area contributed by atoms with Gasteiger partial charge >= 0.3 is 5.97 Å². The van der Waals surface area contributed by atoms with Crippen LogP contribution in [0.4, 0.5) is 5.69 Å². The zero-order valence-electron chi connectivity index (χ0n) is 10.0. The molecule has 0 fully saturated rings. The Labute approximate surface area is 99.4 Å². The number of anilines is 1. The van der Waals surface area contributed by atoms with Gasteiger partial charge in [-0.25, -0.2) is 4.79 Å². The number of nitrogen functional groups attached to an aromatic ring is 1. The highest BCUT2D eigenvalue weighted by molar-refractivity contribution is 5.92. The minimum atomic E-state index is -0.543. The van der Waals surface area contributed by atoms with Crippen molar-refractivity contribution >= 4 is 11.7 Å². The fraction of sp³-hybridized carbons (Fsp3) is 0.600. The number of nitrogens with two attached hydrogens (primary N) is 1. The van der Waals surface area contributed by atoms with E-state index in [0.29, 0.717) is 25.5 Å². The van der Waals surface area contributed by atoms with Gasteiger partial charge in [0.1, 0.15) is 6.61 Å². The second-order valence-corrected chi connectivity index (χ2v) is 3.35. The van der Waals surface area contributed by atoms with Crippen LogP contribution in [0.3, 0.4) is 0 Å². The van der Waals surface area contributed by atoms with E-state index in [-0.39, 0.29) is 12.3 Å². The van der Waals surface area contributed by atoms with Gasteiger partial charge in [-0.05, 0) is 0 Å². The number of aromatic nitrogens is 2. The maximum absolute atomic E-state index is 11.5. The van der Waals surface area contributed by atoms with Crippen molar-refractivity contribution in [2.24, 2.45) is 7.05 Å². The zero-order chi connectivity index (χ0) is 12.7. The van der Waals surface area contributed by atoms with E-state index in [2.05, 4.69) is 5.10 Å². The molecule has 96 valence electrons. The lowest BCUT2D eigenvalue weighted by atomic mass is 10.4. The van der Waals surface area contributed by atoms with Crippen LogP contribution >= 0.6 is 0 Å². The molecule has 0 unspecified atom stereocenters. The number of hydrogen-bond donors (Lipinski definition) is 1. The highest BCUT2D eigenvalue weighted by Crippen LogP contribution is 2.09. The number of hydrogen-bond acceptors (Lipinski definition) is 6. The molecule has 1 aromatic heterocycles. The first-order valence-electron chi connectivity index (χ1n) is 5.18. The van der Waals surface area contributed by atoms with Crippen LogP contribution in [-0.4, -0.2) is 49.3 Å². The Hall–Kier alpha value is -1.60. The summed E-state index contributed by atoms with van der Waals surface area (Å²) < 4.78 is 16.3. The Morgan fingerprint density at radius 3 is 2.71 bits per heavy atom. The summed E-state index contributed by atoms with van der Waals surface area (Å²) in [6.07, 6.45) is 1.55. The van der Waals surface area contributed by atoms with Crippen LogP contribution in [0.2, 0.25) is 0 Å². The molecule has 0 atom stereocenters. The smallest absolute Gasteiger partial charge is 0.361 e. The lowest BCUT2D eigenvalue weighted by Gasteiger charge is -2.04. The number of rotatable bonds is 7. The van der Waals surface area contributed by atoms with E-state index in [0.717, 1.165) is 0 Å². The normalized spacial score (nSPS) is 10.5. The molecular formula is C10H17N3O4. The number of carbonyl (C=O) groups excluding carboxylic acids is 1. The summed E-state index contributed by atoms with van der Waals surface area (Å²) in [7, 11) is 3.27. The predicted molar refractivity (Wildman–Crippen MR) is 60.6 cm³/mol. The largest absolute Gasteiger partial charge is 0.458 e. The molecule has 1 heterocycles. The first-order valence-corrected chi connectivity index (χ1v) is 5.18. The molecule has 0 radical (unpaired) electrons. The van der Waals surface area contributed by atoms with E-state index < -0.39 is 5.97 Å². The molecule has 0 aliphatic heterocycles. The number of nitrogens with zero attached hydrogens (tertiary/aromatic N) is 2. The van der Waals surface area contributed by atoms with Crippen LogP contribution in [0.25, 0.3) is 0 Å². The number of carbonyl (C=O) groups is 1. The molecule has 0 aliphatic rings. The quantitative estimate of drug-likeness (QED) is 0.528. The van der Waals surface area contributed by atoms with Crippen LogP contribution in [0.15, 0.2) is 6.20 Å². The second kappa shape index (κ2) is 6.87. The first-order chi connectivity index (χ1) is 8.15. The average Bonchev–Trinajstić information content (AvgIpc) is 2.62. The van der Waals surface area contributed by atoms with Crippen molar-refractivity contribution in [2.45, 2.75) is 0 Å².